The zero-order chi connectivity index (χ0) is 40.4. The van der Waals surface area contributed by atoms with E-state index in [1.165, 1.54) is 22.3 Å². The maximum Gasteiger partial charge on any atom is 0.143 e. The van der Waals surface area contributed by atoms with Gasteiger partial charge in [-0.15, -0.1) is 0 Å². The quantitative estimate of drug-likeness (QED) is 0.174. The summed E-state index contributed by atoms with van der Waals surface area (Å²) in [7, 11) is 0. The van der Waals surface area contributed by atoms with E-state index >= 15 is 0 Å². The number of fused-ring (bicyclic) bond motifs is 12. The summed E-state index contributed by atoms with van der Waals surface area (Å²) in [4.78, 5) is 2.37. The molecule has 12 aromatic rings. The number of hydrogen-bond acceptors (Lipinski definition) is 4. The number of furan rings is 3. The van der Waals surface area contributed by atoms with Crippen molar-refractivity contribution in [1.29, 1.82) is 0 Å². The van der Waals surface area contributed by atoms with Crippen LogP contribution in [0.3, 0.4) is 0 Å². The second kappa shape index (κ2) is 12.6. The molecule has 0 amide bonds. The lowest BCUT2D eigenvalue weighted by Gasteiger charge is -2.28. The molecule has 0 radical (unpaired) electrons. The first-order valence-corrected chi connectivity index (χ1v) is 20.9. The second-order valence-electron chi connectivity index (χ2n) is 16.8. The summed E-state index contributed by atoms with van der Waals surface area (Å²) in [6, 6.07) is 67.0. The topological polar surface area (TPSA) is 42.7 Å². The molecule has 0 N–H and O–H groups in total. The van der Waals surface area contributed by atoms with E-state index in [2.05, 4.69) is 189 Å². The molecule has 4 heteroatoms. The van der Waals surface area contributed by atoms with Crippen LogP contribution in [-0.4, -0.2) is 0 Å². The lowest BCUT2D eigenvalue weighted by molar-refractivity contribution is 0.660. The van der Waals surface area contributed by atoms with E-state index in [4.69, 9.17) is 13.3 Å². The second-order valence-corrected chi connectivity index (χ2v) is 16.8. The summed E-state index contributed by atoms with van der Waals surface area (Å²) < 4.78 is 19.8. The molecule has 3 aromatic heterocycles. The maximum absolute atomic E-state index is 6.70. The van der Waals surface area contributed by atoms with Crippen LogP contribution in [0, 0.1) is 0 Å². The molecule has 9 aromatic carbocycles. The van der Waals surface area contributed by atoms with Gasteiger partial charge >= 0.3 is 0 Å². The van der Waals surface area contributed by atoms with E-state index in [-0.39, 0.29) is 5.41 Å². The Labute approximate surface area is 351 Å². The maximum atomic E-state index is 6.70. The average molecular weight is 784 g/mol. The van der Waals surface area contributed by atoms with Crippen molar-refractivity contribution in [2.24, 2.45) is 0 Å². The van der Waals surface area contributed by atoms with Crippen molar-refractivity contribution in [3.8, 4) is 33.4 Å². The van der Waals surface area contributed by atoms with Crippen LogP contribution in [0.2, 0.25) is 0 Å². The summed E-state index contributed by atoms with van der Waals surface area (Å²) in [5.74, 6) is 0. The highest BCUT2D eigenvalue weighted by atomic mass is 16.3. The molecule has 4 nitrogen and oxygen atoms in total. The fourth-order valence-electron chi connectivity index (χ4n) is 10.1. The van der Waals surface area contributed by atoms with Crippen LogP contribution >= 0.6 is 0 Å². The largest absolute Gasteiger partial charge is 0.456 e. The van der Waals surface area contributed by atoms with Crippen molar-refractivity contribution >= 4 is 82.9 Å². The summed E-state index contributed by atoms with van der Waals surface area (Å²) in [6.45, 7) is 4.68. The molecule has 3 heterocycles. The van der Waals surface area contributed by atoms with Crippen LogP contribution in [0.25, 0.3) is 99.2 Å². The third-order valence-corrected chi connectivity index (χ3v) is 13.1. The first-order chi connectivity index (χ1) is 30.0. The van der Waals surface area contributed by atoms with Crippen molar-refractivity contribution in [2.45, 2.75) is 19.3 Å². The minimum Gasteiger partial charge on any atom is -0.456 e. The lowest BCUT2D eigenvalue weighted by Crippen LogP contribution is -2.16. The van der Waals surface area contributed by atoms with Gasteiger partial charge in [-0.05, 0) is 94.0 Å². The van der Waals surface area contributed by atoms with Crippen LogP contribution in [0.15, 0.2) is 201 Å². The van der Waals surface area contributed by atoms with Gasteiger partial charge in [0.1, 0.15) is 33.5 Å². The van der Waals surface area contributed by atoms with Gasteiger partial charge in [0.2, 0.25) is 0 Å². The molecule has 0 bridgehead atoms. The van der Waals surface area contributed by atoms with Gasteiger partial charge < -0.3 is 18.2 Å². The van der Waals surface area contributed by atoms with E-state index < -0.39 is 0 Å². The first-order valence-electron chi connectivity index (χ1n) is 20.9. The summed E-state index contributed by atoms with van der Waals surface area (Å²) in [5, 5.41) is 6.42. The van der Waals surface area contributed by atoms with Gasteiger partial charge in [-0.25, -0.2) is 0 Å². The van der Waals surface area contributed by atoms with Gasteiger partial charge in [0, 0.05) is 65.9 Å². The van der Waals surface area contributed by atoms with Crippen molar-refractivity contribution in [3.05, 3.63) is 199 Å². The minimum atomic E-state index is -0.147. The Morgan fingerprint density at radius 2 is 0.852 bits per heavy atom. The summed E-state index contributed by atoms with van der Waals surface area (Å²) >= 11 is 0. The Kier molecular flexibility index (Phi) is 7.04. The highest BCUT2D eigenvalue weighted by Crippen LogP contribution is 2.51. The molecule has 0 spiro atoms. The van der Waals surface area contributed by atoms with E-state index in [1.54, 1.807) is 0 Å². The fourth-order valence-corrected chi connectivity index (χ4v) is 10.1. The van der Waals surface area contributed by atoms with Gasteiger partial charge in [-0.1, -0.05) is 141 Å². The Morgan fingerprint density at radius 3 is 1.66 bits per heavy atom. The number of rotatable bonds is 5. The number of nitrogens with zero attached hydrogens (tertiary/aromatic N) is 1. The summed E-state index contributed by atoms with van der Waals surface area (Å²) in [5.41, 5.74) is 17.9. The molecule has 0 saturated carbocycles. The standard InChI is InChI=1S/C57H37NO3/c1-57(2)49-20-8-6-14-41(49)42-28-26-38(31-50(42)57)58(36-24-22-35(23-25-36)40-17-10-18-44-43-15-7-9-21-51(43)60-55(40)44)37-27-29-52-46(30-37)48-33-54-47(32-53(48)59-52)45-19-11-16-39(56(45)61-54)34-12-4-3-5-13-34/h3-33H,1-2H3. The predicted molar refractivity (Wildman–Crippen MR) is 251 cm³/mol. The third-order valence-electron chi connectivity index (χ3n) is 13.1. The zero-order valence-electron chi connectivity index (χ0n) is 33.6. The van der Waals surface area contributed by atoms with Gasteiger partial charge in [0.25, 0.3) is 0 Å². The third kappa shape index (κ3) is 5.00. The SMILES string of the molecule is CC1(C)c2ccccc2-c2ccc(N(c3ccc(-c4cccc5c4oc4ccccc45)cc3)c3ccc4oc5cc6c(cc5c4c3)oc3c(-c4ccccc4)cccc36)cc21. The Balaban J connectivity index is 0.977. The summed E-state index contributed by atoms with van der Waals surface area (Å²) in [6.07, 6.45) is 0. The number of para-hydroxylation sites is 3. The Hall–Kier alpha value is -7.82. The van der Waals surface area contributed by atoms with E-state index in [1.807, 2.05) is 18.2 Å². The zero-order valence-corrected chi connectivity index (χ0v) is 33.6. The van der Waals surface area contributed by atoms with Crippen molar-refractivity contribution < 1.29 is 13.3 Å². The lowest BCUT2D eigenvalue weighted by atomic mass is 9.82. The molecule has 288 valence electrons. The molecule has 1 aliphatic rings. The van der Waals surface area contributed by atoms with Crippen LogP contribution in [-0.2, 0) is 5.41 Å². The van der Waals surface area contributed by atoms with Crippen molar-refractivity contribution in [3.63, 3.8) is 0 Å². The average Bonchev–Trinajstić information content (AvgIpc) is 4.04. The van der Waals surface area contributed by atoms with Crippen molar-refractivity contribution in [2.75, 3.05) is 4.90 Å². The predicted octanol–water partition coefficient (Wildman–Crippen LogP) is 16.5. The van der Waals surface area contributed by atoms with E-state index in [9.17, 15) is 0 Å². The molecule has 13 rings (SSSR count). The smallest absolute Gasteiger partial charge is 0.143 e. The monoisotopic (exact) mass is 783 g/mol. The van der Waals surface area contributed by atoms with Gasteiger partial charge in [0.15, 0.2) is 0 Å². The highest BCUT2D eigenvalue weighted by Gasteiger charge is 2.36. The molecule has 0 saturated heterocycles. The number of benzene rings is 9. The van der Waals surface area contributed by atoms with Crippen LogP contribution in [0.1, 0.15) is 25.0 Å². The molecular formula is C57H37NO3. The van der Waals surface area contributed by atoms with Gasteiger partial charge in [0.05, 0.1) is 0 Å². The minimum absolute atomic E-state index is 0.147. The number of hydrogen-bond donors (Lipinski definition) is 0. The molecule has 0 fully saturated rings. The Morgan fingerprint density at radius 1 is 0.328 bits per heavy atom. The Bertz CT molecular complexity index is 3730. The molecule has 1 aliphatic carbocycles. The van der Waals surface area contributed by atoms with Crippen LogP contribution < -0.4 is 4.90 Å². The van der Waals surface area contributed by atoms with Crippen LogP contribution in [0.4, 0.5) is 17.1 Å². The number of anilines is 3. The molecular weight excluding hydrogens is 747 g/mol. The molecule has 61 heavy (non-hydrogen) atoms. The fraction of sp³-hybridized carbons (Fsp3) is 0.0526. The highest BCUT2D eigenvalue weighted by molar-refractivity contribution is 6.17. The molecule has 0 atom stereocenters. The van der Waals surface area contributed by atoms with Gasteiger partial charge in [-0.2, -0.15) is 0 Å². The van der Waals surface area contributed by atoms with E-state index in [0.717, 1.165) is 105 Å². The molecule has 0 aliphatic heterocycles. The first kappa shape index (κ1) is 34.1. The normalized spacial score (nSPS) is 13.2. The molecule has 0 unspecified atom stereocenters. The van der Waals surface area contributed by atoms with Crippen LogP contribution in [0.5, 0.6) is 0 Å². The van der Waals surface area contributed by atoms with Gasteiger partial charge in [-0.3, -0.25) is 0 Å². The van der Waals surface area contributed by atoms with Crippen molar-refractivity contribution in [1.82, 2.24) is 0 Å². The van der Waals surface area contributed by atoms with E-state index in [0.29, 0.717) is 0 Å².